The number of benzene rings is 2. The highest BCUT2D eigenvalue weighted by Crippen LogP contribution is 2.64. The second kappa shape index (κ2) is 7.98. The summed E-state index contributed by atoms with van der Waals surface area (Å²) in [5.41, 5.74) is 1.28. The van der Waals surface area contributed by atoms with E-state index in [1.165, 1.54) is 7.11 Å². The van der Waals surface area contributed by atoms with Crippen molar-refractivity contribution in [2.24, 2.45) is 0 Å². The highest BCUT2D eigenvalue weighted by Gasteiger charge is 2.41. The summed E-state index contributed by atoms with van der Waals surface area (Å²) in [6.07, 6.45) is 0.690. The van der Waals surface area contributed by atoms with Gasteiger partial charge in [-0.05, 0) is 30.7 Å². The van der Waals surface area contributed by atoms with Gasteiger partial charge in [0.2, 0.25) is 0 Å². The number of rotatable bonds is 5. The molecule has 0 unspecified atom stereocenters. The van der Waals surface area contributed by atoms with Gasteiger partial charge in [0.25, 0.3) is 0 Å². The van der Waals surface area contributed by atoms with E-state index in [1.807, 2.05) is 30.3 Å². The predicted molar refractivity (Wildman–Crippen MR) is 99.9 cm³/mol. The van der Waals surface area contributed by atoms with Crippen LogP contribution in [0.5, 0.6) is 5.75 Å². The Morgan fingerprint density at radius 1 is 1.16 bits per heavy atom. The summed E-state index contributed by atoms with van der Waals surface area (Å²) < 4.78 is 29.9. The Bertz CT molecular complexity index is 778. The molecule has 0 bridgehead atoms. The van der Waals surface area contributed by atoms with Gasteiger partial charge in [-0.25, -0.2) is 0 Å². The third-order valence-corrected chi connectivity index (χ3v) is 6.38. The molecule has 0 amide bonds. The fourth-order valence-electron chi connectivity index (χ4n) is 2.65. The number of para-hydroxylation sites is 1. The van der Waals surface area contributed by atoms with E-state index in [0.29, 0.717) is 41.0 Å². The van der Waals surface area contributed by atoms with Gasteiger partial charge >= 0.3 is 7.60 Å². The predicted octanol–water partition coefficient (Wildman–Crippen LogP) is 5.74. The SMILES string of the molecule is COc1c(Cl)cc(Cl)cc1[C@@H](Nc1ccccc1)P1(=O)OCCCO1. The summed E-state index contributed by atoms with van der Waals surface area (Å²) in [5, 5.41) is 3.96. The topological polar surface area (TPSA) is 56.8 Å². The lowest BCUT2D eigenvalue weighted by atomic mass is 10.2. The Balaban J connectivity index is 2.09. The van der Waals surface area contributed by atoms with E-state index < -0.39 is 13.4 Å². The molecule has 8 heteroatoms. The Morgan fingerprint density at radius 2 is 1.84 bits per heavy atom. The maximum Gasteiger partial charge on any atom is 0.357 e. The third kappa shape index (κ3) is 4.13. The van der Waals surface area contributed by atoms with Crippen LogP contribution in [0.3, 0.4) is 0 Å². The monoisotopic (exact) mass is 401 g/mol. The zero-order valence-electron chi connectivity index (χ0n) is 13.6. The standard InChI is InChI=1S/C17H18Cl2NO4P/c1-22-16-14(10-12(18)11-15(16)19)17(20-13-6-3-2-4-7-13)25(21)23-8-5-9-24-25/h2-4,6-7,10-11,17,20H,5,8-9H2,1H3/t17-/m0/s1. The van der Waals surface area contributed by atoms with Crippen LogP contribution in [0.4, 0.5) is 5.69 Å². The van der Waals surface area contributed by atoms with E-state index in [0.717, 1.165) is 5.69 Å². The lowest BCUT2D eigenvalue weighted by Gasteiger charge is -2.32. The maximum atomic E-state index is 13.4. The summed E-state index contributed by atoms with van der Waals surface area (Å²) >= 11 is 12.4. The second-order valence-corrected chi connectivity index (χ2v) is 8.44. The van der Waals surface area contributed by atoms with Gasteiger partial charge in [-0.3, -0.25) is 4.57 Å². The molecule has 0 aromatic heterocycles. The van der Waals surface area contributed by atoms with Crippen molar-refractivity contribution in [1.82, 2.24) is 0 Å². The number of halogens is 2. The Labute approximate surface area is 156 Å². The number of hydrogen-bond donors (Lipinski definition) is 1. The van der Waals surface area contributed by atoms with Crippen LogP contribution in [0, 0.1) is 0 Å². The Hall–Kier alpha value is -1.23. The molecule has 0 radical (unpaired) electrons. The smallest absolute Gasteiger partial charge is 0.357 e. The summed E-state index contributed by atoms with van der Waals surface area (Å²) in [6, 6.07) is 12.6. The van der Waals surface area contributed by atoms with Gasteiger partial charge in [0.05, 0.1) is 25.3 Å². The number of methoxy groups -OCH3 is 1. The molecule has 0 spiro atoms. The van der Waals surface area contributed by atoms with E-state index in [-0.39, 0.29) is 0 Å². The third-order valence-electron chi connectivity index (χ3n) is 3.76. The number of ether oxygens (including phenoxy) is 1. The zero-order valence-corrected chi connectivity index (χ0v) is 16.0. The largest absolute Gasteiger partial charge is 0.495 e. The molecule has 0 aliphatic carbocycles. The molecule has 1 atom stereocenters. The first-order chi connectivity index (χ1) is 12.0. The lowest BCUT2D eigenvalue weighted by molar-refractivity contribution is 0.141. The number of anilines is 1. The van der Waals surface area contributed by atoms with Crippen molar-refractivity contribution in [2.75, 3.05) is 25.6 Å². The number of nitrogens with one attached hydrogen (secondary N) is 1. The normalized spacial score (nSPS) is 17.7. The van der Waals surface area contributed by atoms with Crippen LogP contribution in [-0.2, 0) is 13.6 Å². The summed E-state index contributed by atoms with van der Waals surface area (Å²) in [6.45, 7) is 0.724. The summed E-state index contributed by atoms with van der Waals surface area (Å²) in [7, 11) is -2.00. The zero-order chi connectivity index (χ0) is 17.9. The first-order valence-electron chi connectivity index (χ1n) is 7.77. The summed E-state index contributed by atoms with van der Waals surface area (Å²) in [4.78, 5) is 0. The molecule has 2 aromatic carbocycles. The van der Waals surface area contributed by atoms with Crippen molar-refractivity contribution in [3.63, 3.8) is 0 Å². The van der Waals surface area contributed by atoms with Gasteiger partial charge < -0.3 is 19.1 Å². The van der Waals surface area contributed by atoms with Crippen LogP contribution in [0.2, 0.25) is 10.0 Å². The quantitative estimate of drug-likeness (QED) is 0.647. The van der Waals surface area contributed by atoms with E-state index in [2.05, 4.69) is 5.32 Å². The fourth-order valence-corrected chi connectivity index (χ4v) is 5.21. The lowest BCUT2D eigenvalue weighted by Crippen LogP contribution is -2.20. The van der Waals surface area contributed by atoms with E-state index >= 15 is 0 Å². The van der Waals surface area contributed by atoms with Gasteiger partial charge in [0.15, 0.2) is 5.78 Å². The van der Waals surface area contributed by atoms with Crippen LogP contribution in [-0.4, -0.2) is 20.3 Å². The minimum atomic E-state index is -3.50. The maximum absolute atomic E-state index is 13.4. The Kier molecular flexibility index (Phi) is 5.92. The van der Waals surface area contributed by atoms with Crippen molar-refractivity contribution in [3.05, 3.63) is 58.1 Å². The molecule has 25 heavy (non-hydrogen) atoms. The van der Waals surface area contributed by atoms with Crippen LogP contribution in [0.1, 0.15) is 17.8 Å². The molecular weight excluding hydrogens is 384 g/mol. The van der Waals surface area contributed by atoms with Gasteiger partial charge in [-0.1, -0.05) is 41.4 Å². The van der Waals surface area contributed by atoms with Crippen LogP contribution < -0.4 is 10.1 Å². The molecule has 1 N–H and O–H groups in total. The van der Waals surface area contributed by atoms with Crippen LogP contribution in [0.15, 0.2) is 42.5 Å². The summed E-state index contributed by atoms with van der Waals surface area (Å²) in [5.74, 6) is -0.422. The van der Waals surface area contributed by atoms with Gasteiger partial charge in [-0.2, -0.15) is 0 Å². The molecule has 1 aliphatic rings. The second-order valence-electron chi connectivity index (χ2n) is 5.48. The van der Waals surface area contributed by atoms with Crippen molar-refractivity contribution in [1.29, 1.82) is 0 Å². The van der Waals surface area contributed by atoms with Gasteiger partial charge in [-0.15, -0.1) is 0 Å². The van der Waals surface area contributed by atoms with Gasteiger partial charge in [0, 0.05) is 16.3 Å². The molecule has 5 nitrogen and oxygen atoms in total. The highest BCUT2D eigenvalue weighted by molar-refractivity contribution is 7.54. The molecular formula is C17H18Cl2NO4P. The molecule has 1 heterocycles. The van der Waals surface area contributed by atoms with Crippen LogP contribution >= 0.6 is 30.8 Å². The van der Waals surface area contributed by atoms with E-state index in [1.54, 1.807) is 12.1 Å². The first-order valence-corrected chi connectivity index (χ1v) is 10.1. The van der Waals surface area contributed by atoms with Gasteiger partial charge in [0.1, 0.15) is 5.75 Å². The van der Waals surface area contributed by atoms with Crippen molar-refractivity contribution in [2.45, 2.75) is 12.2 Å². The fraction of sp³-hybridized carbons (Fsp3) is 0.294. The number of hydrogen-bond acceptors (Lipinski definition) is 5. The molecule has 1 aliphatic heterocycles. The molecule has 3 rings (SSSR count). The first kappa shape index (κ1) is 18.6. The Morgan fingerprint density at radius 3 is 2.48 bits per heavy atom. The van der Waals surface area contributed by atoms with E-state index in [9.17, 15) is 4.57 Å². The molecule has 0 saturated carbocycles. The average Bonchev–Trinajstić information content (AvgIpc) is 2.60. The van der Waals surface area contributed by atoms with Crippen molar-refractivity contribution < 1.29 is 18.3 Å². The van der Waals surface area contributed by atoms with E-state index in [4.69, 9.17) is 37.0 Å². The molecule has 134 valence electrons. The van der Waals surface area contributed by atoms with Crippen LogP contribution in [0.25, 0.3) is 0 Å². The minimum Gasteiger partial charge on any atom is -0.495 e. The van der Waals surface area contributed by atoms with Crippen molar-refractivity contribution >= 4 is 36.5 Å². The average molecular weight is 402 g/mol. The molecule has 1 saturated heterocycles. The molecule has 1 fully saturated rings. The van der Waals surface area contributed by atoms with Crippen molar-refractivity contribution in [3.8, 4) is 5.75 Å². The molecule has 2 aromatic rings. The minimum absolute atomic E-state index is 0.327. The highest BCUT2D eigenvalue weighted by atomic mass is 35.5.